The number of likely N-dealkylation sites (N-methyl/N-ethyl adjacent to an activating group) is 1. The van der Waals surface area contributed by atoms with Gasteiger partial charge >= 0.3 is 0 Å². The van der Waals surface area contributed by atoms with Crippen molar-refractivity contribution in [3.05, 3.63) is 58.1 Å². The predicted molar refractivity (Wildman–Crippen MR) is 187 cm³/mol. The zero-order valence-electron chi connectivity index (χ0n) is 28.3. The fourth-order valence-corrected chi connectivity index (χ4v) is 9.09. The number of amides is 1. The molecule has 0 spiro atoms. The normalized spacial score (nSPS) is 28.6. The highest BCUT2D eigenvalue weighted by atomic mass is 35.5. The number of benzene rings is 2. The largest absolute Gasteiger partial charge is 0.487 e. The molecule has 2 heterocycles. The number of ether oxygens (including phenoxy) is 2. The lowest BCUT2D eigenvalue weighted by atomic mass is 9.62. The van der Waals surface area contributed by atoms with Crippen LogP contribution < -0.4 is 14.4 Å². The van der Waals surface area contributed by atoms with Crippen LogP contribution in [0.2, 0.25) is 5.02 Å². The number of carbonyl (C=O) groups excluding carboxylic acids is 1. The standard InChI is InChI=1S/C36H52ClN3O6S/c1-25-8-7-16-36(42,24-39(3)18-19-45-4)32-14-11-29(32)22-40-17-6-5-9-27-20-31(37)13-10-30(27)23-46-34-15-12-28(21-33(34)40)35(41)38-47(43,44)26(25)2/h10,12-13,15,20-21,25-26,29,32,42H,5-9,11,14,16-19,22-24H2,1-4H3,(H,38,41)/t25-,26+,29-,32+,36+/m0/s1. The van der Waals surface area contributed by atoms with E-state index in [0.29, 0.717) is 56.3 Å². The van der Waals surface area contributed by atoms with Gasteiger partial charge in [-0.3, -0.25) is 4.79 Å². The molecule has 1 saturated carbocycles. The Bertz CT molecular complexity index is 1510. The number of halogens is 1. The van der Waals surface area contributed by atoms with Gasteiger partial charge in [0.1, 0.15) is 12.4 Å². The maximum atomic E-state index is 13.5. The highest BCUT2D eigenvalue weighted by Crippen LogP contribution is 2.46. The fraction of sp³-hybridized carbons (Fsp3) is 0.639. The first-order chi connectivity index (χ1) is 22.4. The van der Waals surface area contributed by atoms with Gasteiger partial charge < -0.3 is 24.4 Å². The summed E-state index contributed by atoms with van der Waals surface area (Å²) in [6.45, 7) is 7.19. The number of nitrogens with one attached hydrogen (secondary N) is 1. The summed E-state index contributed by atoms with van der Waals surface area (Å²) in [7, 11) is -0.230. The average Bonchev–Trinajstić information content (AvgIpc) is 3.04. The third-order valence-electron chi connectivity index (χ3n) is 10.8. The van der Waals surface area contributed by atoms with Gasteiger partial charge in [0.2, 0.25) is 10.0 Å². The molecular formula is C36H52ClN3O6S. The highest BCUT2D eigenvalue weighted by molar-refractivity contribution is 7.90. The van der Waals surface area contributed by atoms with Crippen LogP contribution in [0.25, 0.3) is 0 Å². The molecule has 0 saturated heterocycles. The van der Waals surface area contributed by atoms with Gasteiger partial charge in [0, 0.05) is 43.9 Å². The number of nitrogens with zero attached hydrogens (tertiary/aromatic N) is 2. The molecule has 0 unspecified atom stereocenters. The third kappa shape index (κ3) is 8.63. The third-order valence-corrected chi connectivity index (χ3v) is 13.0. The van der Waals surface area contributed by atoms with Crippen molar-refractivity contribution in [2.75, 3.05) is 51.8 Å². The molecule has 2 aliphatic heterocycles. The van der Waals surface area contributed by atoms with Gasteiger partial charge in [-0.1, -0.05) is 31.0 Å². The van der Waals surface area contributed by atoms with Gasteiger partial charge in [0.25, 0.3) is 5.91 Å². The molecule has 1 aliphatic carbocycles. The minimum atomic E-state index is -3.94. The van der Waals surface area contributed by atoms with Gasteiger partial charge in [0.15, 0.2) is 0 Å². The summed E-state index contributed by atoms with van der Waals surface area (Å²) in [5.41, 5.74) is 2.36. The van der Waals surface area contributed by atoms with Crippen LogP contribution in [-0.4, -0.2) is 82.1 Å². The Morgan fingerprint density at radius 1 is 1.11 bits per heavy atom. The fourth-order valence-electron chi connectivity index (χ4n) is 7.58. The van der Waals surface area contributed by atoms with Crippen LogP contribution in [-0.2, 0) is 27.8 Å². The summed E-state index contributed by atoms with van der Waals surface area (Å²) in [5.74, 6) is 0.156. The Balaban J connectivity index is 1.53. The summed E-state index contributed by atoms with van der Waals surface area (Å²) in [6.07, 6.45) is 6.60. The van der Waals surface area contributed by atoms with Gasteiger partial charge in [0.05, 0.1) is 23.1 Å². The minimum Gasteiger partial charge on any atom is -0.487 e. The van der Waals surface area contributed by atoms with Crippen LogP contribution in [0.3, 0.4) is 0 Å². The molecule has 2 aromatic rings. The lowest BCUT2D eigenvalue weighted by Crippen LogP contribution is -2.56. The molecule has 3 aliphatic rings. The summed E-state index contributed by atoms with van der Waals surface area (Å²) in [4.78, 5) is 17.9. The maximum Gasteiger partial charge on any atom is 0.264 e. The number of aryl methyl sites for hydroxylation is 1. The maximum absolute atomic E-state index is 13.5. The van der Waals surface area contributed by atoms with Crippen LogP contribution in [0, 0.1) is 17.8 Å². The Kier molecular flexibility index (Phi) is 11.8. The molecule has 5 rings (SSSR count). The van der Waals surface area contributed by atoms with E-state index >= 15 is 0 Å². The lowest BCUT2D eigenvalue weighted by Gasteiger charge is -2.50. The van der Waals surface area contributed by atoms with Crippen molar-refractivity contribution in [2.24, 2.45) is 17.8 Å². The van der Waals surface area contributed by atoms with E-state index in [0.717, 1.165) is 56.4 Å². The SMILES string of the molecule is COCCN(C)C[C@]1(O)CCC[C@H](C)[C@@H](C)S(=O)(=O)NC(=O)c2ccc3c(c2)N(CCCCc2cc(Cl)ccc2CO3)C[C@@H]2CC[C@H]21. The van der Waals surface area contributed by atoms with Gasteiger partial charge in [-0.25, -0.2) is 13.1 Å². The number of anilines is 1. The molecule has 2 N–H and O–H groups in total. The molecule has 11 heteroatoms. The highest BCUT2D eigenvalue weighted by Gasteiger charge is 2.47. The first-order valence-electron chi connectivity index (χ1n) is 17.1. The van der Waals surface area contributed by atoms with Gasteiger partial charge in [-0.15, -0.1) is 0 Å². The van der Waals surface area contributed by atoms with Crippen LogP contribution in [0.4, 0.5) is 5.69 Å². The number of carbonyl (C=O) groups is 1. The van der Waals surface area contributed by atoms with Crippen LogP contribution in [0.15, 0.2) is 36.4 Å². The number of rotatable bonds is 5. The van der Waals surface area contributed by atoms with Crippen molar-refractivity contribution in [1.29, 1.82) is 0 Å². The van der Waals surface area contributed by atoms with Crippen LogP contribution in [0.1, 0.15) is 80.3 Å². The van der Waals surface area contributed by atoms with Crippen molar-refractivity contribution < 1.29 is 27.8 Å². The molecule has 47 heavy (non-hydrogen) atoms. The molecule has 2 aromatic carbocycles. The van der Waals surface area contributed by atoms with E-state index in [-0.39, 0.29) is 23.3 Å². The molecule has 1 amide bonds. The molecular weight excluding hydrogens is 638 g/mol. The zero-order valence-corrected chi connectivity index (χ0v) is 29.9. The first-order valence-corrected chi connectivity index (χ1v) is 19.1. The van der Waals surface area contributed by atoms with Crippen LogP contribution >= 0.6 is 11.6 Å². The summed E-state index contributed by atoms with van der Waals surface area (Å²) in [5, 5.41) is 12.4. The Labute approximate surface area is 286 Å². The summed E-state index contributed by atoms with van der Waals surface area (Å²) < 4.78 is 41.0. The van der Waals surface area contributed by atoms with Crippen molar-refractivity contribution in [2.45, 2.75) is 82.7 Å². The molecule has 9 nitrogen and oxygen atoms in total. The van der Waals surface area contributed by atoms with Gasteiger partial charge in [-0.05, 0) is 118 Å². The van der Waals surface area contributed by atoms with Crippen molar-refractivity contribution >= 4 is 33.2 Å². The number of methoxy groups -OCH3 is 1. The predicted octanol–water partition coefficient (Wildman–Crippen LogP) is 5.67. The zero-order chi connectivity index (χ0) is 33.8. The Morgan fingerprint density at radius 3 is 2.66 bits per heavy atom. The molecule has 5 atom stereocenters. The van der Waals surface area contributed by atoms with Gasteiger partial charge in [-0.2, -0.15) is 0 Å². The second-order valence-electron chi connectivity index (χ2n) is 14.1. The molecule has 0 aromatic heterocycles. The van der Waals surface area contributed by atoms with Crippen molar-refractivity contribution in [1.82, 2.24) is 9.62 Å². The van der Waals surface area contributed by atoms with E-state index < -0.39 is 26.8 Å². The van der Waals surface area contributed by atoms with Crippen molar-refractivity contribution in [3.8, 4) is 5.75 Å². The van der Waals surface area contributed by atoms with E-state index in [1.807, 2.05) is 32.2 Å². The average molecular weight is 690 g/mol. The summed E-state index contributed by atoms with van der Waals surface area (Å²) >= 11 is 6.35. The molecule has 1 fully saturated rings. The number of sulfonamides is 1. The van der Waals surface area contributed by atoms with Crippen molar-refractivity contribution in [3.63, 3.8) is 0 Å². The second-order valence-corrected chi connectivity index (χ2v) is 16.6. The number of hydrogen-bond acceptors (Lipinski definition) is 8. The minimum absolute atomic E-state index is 0.0947. The number of aliphatic hydroxyl groups is 1. The van der Waals surface area contributed by atoms with E-state index in [2.05, 4.69) is 14.5 Å². The van der Waals surface area contributed by atoms with E-state index in [9.17, 15) is 18.3 Å². The quantitative estimate of drug-likeness (QED) is 0.414. The van der Waals surface area contributed by atoms with E-state index in [4.69, 9.17) is 21.1 Å². The van der Waals surface area contributed by atoms with E-state index in [1.54, 1.807) is 32.2 Å². The molecule has 0 radical (unpaired) electrons. The lowest BCUT2D eigenvalue weighted by molar-refractivity contribution is -0.104. The topological polar surface area (TPSA) is 108 Å². The number of hydrogen-bond donors (Lipinski definition) is 2. The molecule has 2 bridgehead atoms. The summed E-state index contributed by atoms with van der Waals surface area (Å²) in [6, 6.07) is 11.1. The first kappa shape index (κ1) is 35.9. The Morgan fingerprint density at radius 2 is 1.91 bits per heavy atom. The smallest absolute Gasteiger partial charge is 0.264 e. The second kappa shape index (κ2) is 15.5. The van der Waals surface area contributed by atoms with Crippen LogP contribution in [0.5, 0.6) is 5.75 Å². The monoisotopic (exact) mass is 689 g/mol. The molecule has 260 valence electrons. The van der Waals surface area contributed by atoms with E-state index in [1.165, 1.54) is 5.56 Å². The Hall–Kier alpha value is -2.37. The number of fused-ring (bicyclic) bond motifs is 3.